The van der Waals surface area contributed by atoms with Crippen LogP contribution in [-0.4, -0.2) is 23.7 Å². The minimum absolute atomic E-state index is 0.166. The molecule has 0 saturated carbocycles. The van der Waals surface area contributed by atoms with Crippen LogP contribution >= 0.6 is 0 Å². The van der Waals surface area contributed by atoms with E-state index in [-0.39, 0.29) is 18.2 Å². The molecule has 19 heavy (non-hydrogen) atoms. The number of hydrogen-bond donors (Lipinski definition) is 1. The summed E-state index contributed by atoms with van der Waals surface area (Å²) in [4.78, 5) is 4.42. The van der Waals surface area contributed by atoms with Crippen LogP contribution in [0, 0.1) is 5.92 Å². The number of nitrogens with zero attached hydrogens (tertiary/aromatic N) is 1. The van der Waals surface area contributed by atoms with Gasteiger partial charge in [-0.2, -0.15) is 0 Å². The largest absolute Gasteiger partial charge is 0.444 e. The molecule has 1 fully saturated rings. The van der Waals surface area contributed by atoms with Gasteiger partial charge >= 0.3 is 0 Å². The van der Waals surface area contributed by atoms with E-state index in [9.17, 15) is 0 Å². The van der Waals surface area contributed by atoms with Crippen LogP contribution in [0.4, 0.5) is 0 Å². The summed E-state index contributed by atoms with van der Waals surface area (Å²) < 4.78 is 11.8. The van der Waals surface area contributed by atoms with Gasteiger partial charge in [0.05, 0.1) is 24.4 Å². The maximum Gasteiger partial charge on any atom is 0.211 e. The minimum Gasteiger partial charge on any atom is -0.444 e. The fourth-order valence-electron chi connectivity index (χ4n) is 2.86. The summed E-state index contributed by atoms with van der Waals surface area (Å²) in [5.41, 5.74) is 0. The summed E-state index contributed by atoms with van der Waals surface area (Å²) in [6, 6.07) is 0.166. The monoisotopic (exact) mass is 266 g/mol. The molecule has 0 aromatic carbocycles. The van der Waals surface area contributed by atoms with E-state index >= 15 is 0 Å². The van der Waals surface area contributed by atoms with Gasteiger partial charge in [-0.25, -0.2) is 4.98 Å². The average Bonchev–Trinajstić information content (AvgIpc) is 2.93. The zero-order valence-electron chi connectivity index (χ0n) is 12.6. The first kappa shape index (κ1) is 14.5. The van der Waals surface area contributed by atoms with Crippen LogP contribution in [-0.2, 0) is 4.74 Å². The number of hydrogen-bond acceptors (Lipinski definition) is 4. The normalized spacial score (nSPS) is 32.7. The molecule has 1 N–H and O–H groups in total. The van der Waals surface area contributed by atoms with Crippen molar-refractivity contribution in [2.45, 2.75) is 65.2 Å². The lowest BCUT2D eigenvalue weighted by Gasteiger charge is -2.15. The molecule has 1 aromatic heterocycles. The molecule has 2 heterocycles. The first-order valence-corrected chi connectivity index (χ1v) is 7.39. The summed E-state index contributed by atoms with van der Waals surface area (Å²) in [6.07, 6.45) is 3.47. The molecule has 1 aliphatic heterocycles. The molecule has 5 atom stereocenters. The van der Waals surface area contributed by atoms with E-state index in [2.05, 4.69) is 44.9 Å². The Kier molecular flexibility index (Phi) is 4.63. The van der Waals surface area contributed by atoms with Crippen molar-refractivity contribution in [2.24, 2.45) is 5.92 Å². The molecular formula is C15H26N2O2. The van der Waals surface area contributed by atoms with Crippen LogP contribution in [0.3, 0.4) is 0 Å². The topological polar surface area (TPSA) is 47.3 Å². The molecule has 0 aliphatic carbocycles. The van der Waals surface area contributed by atoms with Gasteiger partial charge in [0.2, 0.25) is 5.89 Å². The molecule has 5 unspecified atom stereocenters. The van der Waals surface area contributed by atoms with Gasteiger partial charge in [-0.1, -0.05) is 13.8 Å². The highest BCUT2D eigenvalue weighted by atomic mass is 16.5. The van der Waals surface area contributed by atoms with Crippen molar-refractivity contribution in [3.63, 3.8) is 0 Å². The summed E-state index contributed by atoms with van der Waals surface area (Å²) >= 11 is 0. The predicted molar refractivity (Wildman–Crippen MR) is 75.1 cm³/mol. The third-order valence-electron chi connectivity index (χ3n) is 4.18. The highest BCUT2D eigenvalue weighted by Gasteiger charge is 2.40. The van der Waals surface area contributed by atoms with Crippen molar-refractivity contribution in [1.82, 2.24) is 10.3 Å². The Morgan fingerprint density at radius 1 is 1.32 bits per heavy atom. The first-order valence-electron chi connectivity index (χ1n) is 7.39. The van der Waals surface area contributed by atoms with E-state index in [4.69, 9.17) is 9.15 Å². The lowest BCUT2D eigenvalue weighted by atomic mass is 9.88. The number of ether oxygens (including phenoxy) is 1. The summed E-state index contributed by atoms with van der Waals surface area (Å²) in [5.74, 6) is 2.52. The Morgan fingerprint density at radius 3 is 2.63 bits per heavy atom. The van der Waals surface area contributed by atoms with Crippen molar-refractivity contribution in [3.8, 4) is 0 Å². The van der Waals surface area contributed by atoms with Gasteiger partial charge < -0.3 is 14.5 Å². The summed E-state index contributed by atoms with van der Waals surface area (Å²) in [6.45, 7) is 11.7. The van der Waals surface area contributed by atoms with Crippen molar-refractivity contribution < 1.29 is 9.15 Å². The smallest absolute Gasteiger partial charge is 0.211 e. The van der Waals surface area contributed by atoms with E-state index in [1.807, 2.05) is 6.20 Å². The minimum atomic E-state index is 0.166. The predicted octanol–water partition coefficient (Wildman–Crippen LogP) is 3.26. The van der Waals surface area contributed by atoms with E-state index in [1.165, 1.54) is 0 Å². The van der Waals surface area contributed by atoms with E-state index < -0.39 is 0 Å². The van der Waals surface area contributed by atoms with Gasteiger partial charge in [0, 0.05) is 5.92 Å². The lowest BCUT2D eigenvalue weighted by Crippen LogP contribution is -2.19. The standard InChI is InChI=1S/C15H26N2O2/c1-6-7-16-10(3)15-17-8-13(19-15)14-9(2)11(4)18-12(14)5/h8-12,14,16H,6-7H2,1-5H3. The van der Waals surface area contributed by atoms with E-state index in [1.54, 1.807) is 0 Å². The van der Waals surface area contributed by atoms with E-state index in [0.29, 0.717) is 11.8 Å². The van der Waals surface area contributed by atoms with Crippen LogP contribution in [0.5, 0.6) is 0 Å². The summed E-state index contributed by atoms with van der Waals surface area (Å²) in [7, 11) is 0. The highest BCUT2D eigenvalue weighted by molar-refractivity contribution is 5.10. The zero-order chi connectivity index (χ0) is 14.0. The zero-order valence-corrected chi connectivity index (χ0v) is 12.6. The molecule has 0 radical (unpaired) electrons. The van der Waals surface area contributed by atoms with Gasteiger partial charge in [-0.3, -0.25) is 0 Å². The lowest BCUT2D eigenvalue weighted by molar-refractivity contribution is 0.0547. The van der Waals surface area contributed by atoms with Gasteiger partial charge in [0.15, 0.2) is 0 Å². The maximum atomic E-state index is 5.96. The molecule has 4 heteroatoms. The van der Waals surface area contributed by atoms with Crippen molar-refractivity contribution in [1.29, 1.82) is 0 Å². The van der Waals surface area contributed by atoms with Crippen LogP contribution in [0.2, 0.25) is 0 Å². The Balaban J connectivity index is 2.08. The third-order valence-corrected chi connectivity index (χ3v) is 4.18. The van der Waals surface area contributed by atoms with Gasteiger partial charge in [0.25, 0.3) is 0 Å². The number of nitrogens with one attached hydrogen (secondary N) is 1. The second-order valence-electron chi connectivity index (χ2n) is 5.71. The molecule has 4 nitrogen and oxygen atoms in total. The molecule has 1 aliphatic rings. The Labute approximate surface area is 115 Å². The molecule has 0 spiro atoms. The van der Waals surface area contributed by atoms with Gasteiger partial charge in [-0.15, -0.1) is 0 Å². The Morgan fingerprint density at radius 2 is 2.05 bits per heavy atom. The molecular weight excluding hydrogens is 240 g/mol. The molecule has 2 rings (SSSR count). The Bertz CT molecular complexity index is 405. The van der Waals surface area contributed by atoms with Crippen molar-refractivity contribution in [3.05, 3.63) is 17.8 Å². The second-order valence-corrected chi connectivity index (χ2v) is 5.71. The number of oxazole rings is 1. The summed E-state index contributed by atoms with van der Waals surface area (Å²) in [5, 5.41) is 3.40. The molecule has 108 valence electrons. The van der Waals surface area contributed by atoms with Crippen LogP contribution in [0.25, 0.3) is 0 Å². The van der Waals surface area contributed by atoms with Crippen molar-refractivity contribution in [2.75, 3.05) is 6.54 Å². The fourth-order valence-corrected chi connectivity index (χ4v) is 2.86. The quantitative estimate of drug-likeness (QED) is 0.888. The van der Waals surface area contributed by atoms with Crippen LogP contribution in [0.15, 0.2) is 10.6 Å². The SMILES string of the molecule is CCCNC(C)c1ncc(C2C(C)OC(C)C2C)o1. The van der Waals surface area contributed by atoms with Gasteiger partial charge in [0.1, 0.15) is 5.76 Å². The Hall–Kier alpha value is -0.870. The van der Waals surface area contributed by atoms with Crippen LogP contribution < -0.4 is 5.32 Å². The second kappa shape index (κ2) is 6.06. The highest BCUT2D eigenvalue weighted by Crippen LogP contribution is 2.40. The van der Waals surface area contributed by atoms with Crippen molar-refractivity contribution >= 4 is 0 Å². The third kappa shape index (κ3) is 3.00. The number of aromatic nitrogens is 1. The first-order chi connectivity index (χ1) is 9.04. The molecule has 0 amide bonds. The van der Waals surface area contributed by atoms with E-state index in [0.717, 1.165) is 24.6 Å². The average molecular weight is 266 g/mol. The maximum absolute atomic E-state index is 5.96. The number of rotatable bonds is 5. The van der Waals surface area contributed by atoms with Gasteiger partial charge in [-0.05, 0) is 39.7 Å². The molecule has 0 bridgehead atoms. The molecule has 1 aromatic rings. The fraction of sp³-hybridized carbons (Fsp3) is 0.800. The molecule has 1 saturated heterocycles. The van der Waals surface area contributed by atoms with Crippen LogP contribution in [0.1, 0.15) is 64.7 Å².